The van der Waals surface area contributed by atoms with E-state index in [9.17, 15) is 29.4 Å². The number of hydrogen-bond acceptors (Lipinski definition) is 8. The number of H-pyrrole nitrogens is 1. The maximum absolute atomic E-state index is 13.1. The minimum absolute atomic E-state index is 0.00689. The molecule has 192 valence electrons. The van der Waals surface area contributed by atoms with Gasteiger partial charge in [0, 0.05) is 18.3 Å². The maximum atomic E-state index is 13.1. The van der Waals surface area contributed by atoms with Crippen molar-refractivity contribution in [3.63, 3.8) is 0 Å². The van der Waals surface area contributed by atoms with Gasteiger partial charge in [-0.3, -0.25) is 14.4 Å². The third-order valence-electron chi connectivity index (χ3n) is 5.45. The first-order valence-electron chi connectivity index (χ1n) is 11.0. The lowest BCUT2D eigenvalue weighted by molar-refractivity contribution is -0.142. The molecule has 6 unspecified atom stereocenters. The summed E-state index contributed by atoms with van der Waals surface area (Å²) in [6, 6.07) is -4.45. The number of thioether (sulfide) groups is 1. The van der Waals surface area contributed by atoms with E-state index in [1.165, 1.54) is 31.2 Å². The number of aliphatic hydroxyl groups excluding tert-OH is 1. The molecule has 12 nitrogen and oxygen atoms in total. The van der Waals surface area contributed by atoms with E-state index in [1.807, 2.05) is 13.2 Å². The number of aromatic nitrogens is 2. The van der Waals surface area contributed by atoms with Crippen molar-refractivity contribution in [2.75, 3.05) is 12.0 Å². The van der Waals surface area contributed by atoms with Crippen molar-refractivity contribution in [2.24, 2.45) is 11.7 Å². The van der Waals surface area contributed by atoms with E-state index in [0.717, 1.165) is 0 Å². The van der Waals surface area contributed by atoms with Gasteiger partial charge in [-0.25, -0.2) is 9.78 Å². The summed E-state index contributed by atoms with van der Waals surface area (Å²) < 4.78 is 0. The molecule has 0 aromatic carbocycles. The van der Waals surface area contributed by atoms with Crippen LogP contribution in [0, 0.1) is 5.92 Å². The molecule has 0 aliphatic carbocycles. The Hall–Kier alpha value is -2.64. The predicted molar refractivity (Wildman–Crippen MR) is 128 cm³/mol. The number of nitrogens with two attached hydrogens (primary N) is 1. The Bertz CT molecular complexity index is 806. The second-order valence-electron chi connectivity index (χ2n) is 8.16. The molecule has 0 aliphatic rings. The molecule has 1 aromatic heterocycles. The van der Waals surface area contributed by atoms with Crippen molar-refractivity contribution in [3.05, 3.63) is 18.2 Å². The van der Waals surface area contributed by atoms with Crippen LogP contribution in [-0.2, 0) is 25.6 Å². The summed E-state index contributed by atoms with van der Waals surface area (Å²) in [5.41, 5.74) is 6.21. The van der Waals surface area contributed by atoms with Gasteiger partial charge in [0.05, 0.1) is 12.4 Å². The smallest absolute Gasteiger partial charge is 0.326 e. The highest BCUT2D eigenvalue weighted by Crippen LogP contribution is 2.11. The van der Waals surface area contributed by atoms with Crippen molar-refractivity contribution >= 4 is 35.5 Å². The van der Waals surface area contributed by atoms with E-state index in [0.29, 0.717) is 17.9 Å². The fourth-order valence-corrected chi connectivity index (χ4v) is 3.50. The van der Waals surface area contributed by atoms with E-state index in [-0.39, 0.29) is 18.8 Å². The van der Waals surface area contributed by atoms with Crippen LogP contribution in [0.2, 0.25) is 0 Å². The van der Waals surface area contributed by atoms with Crippen LogP contribution in [-0.4, -0.2) is 86.2 Å². The van der Waals surface area contributed by atoms with Gasteiger partial charge in [-0.2, -0.15) is 11.8 Å². The molecule has 34 heavy (non-hydrogen) atoms. The molecule has 0 aliphatic heterocycles. The van der Waals surface area contributed by atoms with Gasteiger partial charge >= 0.3 is 5.97 Å². The number of carboxylic acids is 1. The molecule has 0 radical (unpaired) electrons. The number of aliphatic carboxylic acids is 1. The number of nitrogens with zero attached hydrogens (tertiary/aromatic N) is 1. The molecule has 1 aromatic rings. The largest absolute Gasteiger partial charge is 0.480 e. The zero-order chi connectivity index (χ0) is 25.8. The van der Waals surface area contributed by atoms with Gasteiger partial charge < -0.3 is 36.9 Å². The van der Waals surface area contributed by atoms with Gasteiger partial charge in [0.2, 0.25) is 17.7 Å². The average Bonchev–Trinajstić information content (AvgIpc) is 3.31. The Morgan fingerprint density at radius 1 is 1.12 bits per heavy atom. The Kier molecular flexibility index (Phi) is 12.6. The number of rotatable bonds is 15. The molecule has 0 saturated carbocycles. The number of carboxylic acid groups (broad SMARTS) is 1. The van der Waals surface area contributed by atoms with Crippen LogP contribution in [0.4, 0.5) is 0 Å². The SMILES string of the molecule is CCC(C)C(NC(=O)C(N)C(C)O)C(=O)NC(CCSC)C(=O)NC(Cc1cnc[nH]1)C(=O)O. The quantitative estimate of drug-likeness (QED) is 0.158. The highest BCUT2D eigenvalue weighted by atomic mass is 32.2. The molecule has 8 N–H and O–H groups in total. The standard InChI is InChI=1S/C21H36N6O6S/c1-5-11(2)17(27-19(30)16(22)12(3)28)20(31)25-14(6-7-34-4)18(29)26-15(21(32)33)8-13-9-23-10-24-13/h9-12,14-17,28H,5-8,22H2,1-4H3,(H,23,24)(H,25,31)(H,26,29)(H,27,30)(H,32,33). The minimum Gasteiger partial charge on any atom is -0.480 e. The Morgan fingerprint density at radius 3 is 2.26 bits per heavy atom. The zero-order valence-corrected chi connectivity index (χ0v) is 20.7. The number of carbonyl (C=O) groups excluding carboxylic acids is 3. The molecule has 6 atom stereocenters. The minimum atomic E-state index is -1.23. The number of aromatic amines is 1. The summed E-state index contributed by atoms with van der Waals surface area (Å²) >= 11 is 1.47. The van der Waals surface area contributed by atoms with Crippen molar-refractivity contribution in [3.8, 4) is 0 Å². The third-order valence-corrected chi connectivity index (χ3v) is 6.10. The summed E-state index contributed by atoms with van der Waals surface area (Å²) in [5, 5.41) is 26.8. The van der Waals surface area contributed by atoms with E-state index in [1.54, 1.807) is 6.92 Å². The second kappa shape index (κ2) is 14.6. The number of imidazole rings is 1. The molecule has 0 spiro atoms. The van der Waals surface area contributed by atoms with Crippen LogP contribution in [0.3, 0.4) is 0 Å². The normalized spacial score (nSPS) is 16.4. The second-order valence-corrected chi connectivity index (χ2v) is 9.15. The Balaban J connectivity index is 2.98. The lowest BCUT2D eigenvalue weighted by Crippen LogP contribution is -2.59. The van der Waals surface area contributed by atoms with E-state index in [2.05, 4.69) is 25.9 Å². The molecular weight excluding hydrogens is 464 g/mol. The first kappa shape index (κ1) is 29.4. The van der Waals surface area contributed by atoms with Crippen molar-refractivity contribution < 1.29 is 29.4 Å². The van der Waals surface area contributed by atoms with Gasteiger partial charge in [0.15, 0.2) is 0 Å². The fourth-order valence-electron chi connectivity index (χ4n) is 3.03. The number of carbonyl (C=O) groups is 4. The van der Waals surface area contributed by atoms with Gasteiger partial charge in [-0.05, 0) is 31.3 Å². The zero-order valence-electron chi connectivity index (χ0n) is 19.9. The van der Waals surface area contributed by atoms with Crippen LogP contribution in [0.15, 0.2) is 12.5 Å². The third kappa shape index (κ3) is 9.31. The van der Waals surface area contributed by atoms with Crippen molar-refractivity contribution in [1.82, 2.24) is 25.9 Å². The summed E-state index contributed by atoms with van der Waals surface area (Å²) in [6.07, 6.45) is 4.40. The number of aliphatic hydroxyl groups is 1. The van der Waals surface area contributed by atoms with Crippen LogP contribution in [0.25, 0.3) is 0 Å². The molecule has 0 fully saturated rings. The fraction of sp³-hybridized carbons (Fsp3) is 0.667. The van der Waals surface area contributed by atoms with Crippen LogP contribution >= 0.6 is 11.8 Å². The number of amides is 3. The van der Waals surface area contributed by atoms with E-state index < -0.39 is 54.0 Å². The molecule has 1 rings (SSSR count). The highest BCUT2D eigenvalue weighted by molar-refractivity contribution is 7.98. The lowest BCUT2D eigenvalue weighted by atomic mass is 9.97. The predicted octanol–water partition coefficient (Wildman–Crippen LogP) is -1.00. The maximum Gasteiger partial charge on any atom is 0.326 e. The highest BCUT2D eigenvalue weighted by Gasteiger charge is 2.33. The van der Waals surface area contributed by atoms with Gasteiger partial charge in [0.25, 0.3) is 0 Å². The molecule has 3 amide bonds. The Labute approximate surface area is 203 Å². The summed E-state index contributed by atoms with van der Waals surface area (Å²) in [5.74, 6) is -2.92. The molecule has 0 saturated heterocycles. The van der Waals surface area contributed by atoms with Crippen molar-refractivity contribution in [1.29, 1.82) is 0 Å². The molecular formula is C21H36N6O6S. The summed E-state index contributed by atoms with van der Waals surface area (Å²) in [6.45, 7) is 4.98. The lowest BCUT2D eigenvalue weighted by Gasteiger charge is -2.28. The van der Waals surface area contributed by atoms with E-state index in [4.69, 9.17) is 5.73 Å². The van der Waals surface area contributed by atoms with Crippen LogP contribution in [0.5, 0.6) is 0 Å². The molecule has 1 heterocycles. The Morgan fingerprint density at radius 2 is 1.76 bits per heavy atom. The number of nitrogens with one attached hydrogen (secondary N) is 4. The molecule has 0 bridgehead atoms. The average molecular weight is 501 g/mol. The van der Waals surface area contributed by atoms with E-state index >= 15 is 0 Å². The first-order valence-corrected chi connectivity index (χ1v) is 12.4. The van der Waals surface area contributed by atoms with Crippen LogP contribution < -0.4 is 21.7 Å². The monoisotopic (exact) mass is 500 g/mol. The van der Waals surface area contributed by atoms with Crippen LogP contribution in [0.1, 0.15) is 39.3 Å². The van der Waals surface area contributed by atoms with Gasteiger partial charge in [-0.15, -0.1) is 0 Å². The summed E-state index contributed by atoms with van der Waals surface area (Å²) in [7, 11) is 0. The summed E-state index contributed by atoms with van der Waals surface area (Å²) in [4.78, 5) is 56.7. The number of hydrogen-bond donors (Lipinski definition) is 7. The van der Waals surface area contributed by atoms with Gasteiger partial charge in [0.1, 0.15) is 24.2 Å². The molecule has 13 heteroatoms. The van der Waals surface area contributed by atoms with Gasteiger partial charge in [-0.1, -0.05) is 20.3 Å². The first-order chi connectivity index (χ1) is 16.0. The topological polar surface area (TPSA) is 200 Å². The van der Waals surface area contributed by atoms with Crippen molar-refractivity contribution in [2.45, 2.75) is 70.3 Å².